The molecule has 0 unspecified atom stereocenters. The number of rotatable bonds is 7. The zero-order valence-corrected chi connectivity index (χ0v) is 20.9. The zero-order valence-electron chi connectivity index (χ0n) is 19.2. The largest absolute Gasteiger partial charge is 0.465 e. The van der Waals surface area contributed by atoms with Gasteiger partial charge in [0.25, 0.3) is 0 Å². The van der Waals surface area contributed by atoms with Crippen molar-refractivity contribution in [3.63, 3.8) is 0 Å². The van der Waals surface area contributed by atoms with Gasteiger partial charge in [0.05, 0.1) is 17.1 Å². The predicted octanol–water partition coefficient (Wildman–Crippen LogP) is 3.11. The first kappa shape index (κ1) is 25.3. The molecule has 0 N–H and O–H groups in total. The number of aromatic nitrogens is 1. The molecule has 2 aromatic carbocycles. The van der Waals surface area contributed by atoms with Crippen molar-refractivity contribution in [2.45, 2.75) is 30.6 Å². The maximum Gasteiger partial charge on any atom is 0.322 e. The first-order valence-corrected chi connectivity index (χ1v) is 14.5. The van der Waals surface area contributed by atoms with Gasteiger partial charge in [-0.3, -0.25) is 4.79 Å². The fourth-order valence-corrected chi connectivity index (χ4v) is 6.09. The van der Waals surface area contributed by atoms with Crippen molar-refractivity contribution in [3.8, 4) is 11.5 Å². The zero-order chi connectivity index (χ0) is 25.4. The van der Waals surface area contributed by atoms with Gasteiger partial charge in [-0.05, 0) is 61.6 Å². The Balaban J connectivity index is 1.49. The minimum absolute atomic E-state index is 0.0366. The van der Waals surface area contributed by atoms with Crippen LogP contribution in [0.5, 0.6) is 0 Å². The van der Waals surface area contributed by atoms with Gasteiger partial charge in [-0.1, -0.05) is 6.07 Å². The smallest absolute Gasteiger partial charge is 0.322 e. The Labute approximate surface area is 202 Å². The predicted molar refractivity (Wildman–Crippen MR) is 126 cm³/mol. The number of halogens is 1. The quantitative estimate of drug-likeness (QED) is 0.432. The van der Waals surface area contributed by atoms with E-state index in [2.05, 4.69) is 4.98 Å². The van der Waals surface area contributed by atoms with Crippen LogP contribution in [0.1, 0.15) is 31.2 Å². The summed E-state index contributed by atoms with van der Waals surface area (Å²) in [4.78, 5) is 15.9. The third-order valence-electron chi connectivity index (χ3n) is 5.94. The summed E-state index contributed by atoms with van der Waals surface area (Å²) in [7, 11) is -7.27. The maximum absolute atomic E-state index is 14.6. The molecule has 1 fully saturated rings. The number of carbonyl (C=O) groups is 1. The Morgan fingerprint density at radius 3 is 2.49 bits per heavy atom. The van der Waals surface area contributed by atoms with E-state index in [1.54, 1.807) is 13.0 Å². The van der Waals surface area contributed by atoms with Gasteiger partial charge in [0, 0.05) is 19.3 Å². The molecule has 35 heavy (non-hydrogen) atoms. The summed E-state index contributed by atoms with van der Waals surface area (Å²) in [6.45, 7) is 2.32. The number of ether oxygens (including phenoxy) is 1. The first-order valence-electron chi connectivity index (χ1n) is 11.0. The highest BCUT2D eigenvalue weighted by molar-refractivity contribution is 7.90. The first-order chi connectivity index (χ1) is 16.5. The summed E-state index contributed by atoms with van der Waals surface area (Å²) in [5.74, 6) is -2.06. The van der Waals surface area contributed by atoms with Crippen molar-refractivity contribution >= 4 is 36.9 Å². The van der Waals surface area contributed by atoms with E-state index in [4.69, 9.17) is 9.15 Å². The number of benzene rings is 2. The van der Waals surface area contributed by atoms with E-state index in [0.717, 1.165) is 17.9 Å². The van der Waals surface area contributed by atoms with Gasteiger partial charge in [0.2, 0.25) is 15.9 Å². The SMILES string of the molecule is CCOC(=O)CS(=O)(=O)N1CCC(c2ccc3oc(-c4ccc(S(C)(=O)=O)cc4F)nc3c2)CC1. The lowest BCUT2D eigenvalue weighted by atomic mass is 9.90. The van der Waals surface area contributed by atoms with Crippen molar-refractivity contribution in [3.05, 3.63) is 47.8 Å². The normalized spacial score (nSPS) is 16.0. The van der Waals surface area contributed by atoms with Crippen LogP contribution in [-0.2, 0) is 29.4 Å². The molecule has 1 aliphatic rings. The molecule has 0 bridgehead atoms. The molecule has 0 saturated carbocycles. The Bertz CT molecular complexity index is 1470. The van der Waals surface area contributed by atoms with E-state index in [9.17, 15) is 26.0 Å². The van der Waals surface area contributed by atoms with Gasteiger partial charge in [-0.25, -0.2) is 30.5 Å². The Kier molecular flexibility index (Phi) is 6.98. The molecule has 3 aromatic rings. The van der Waals surface area contributed by atoms with E-state index < -0.39 is 37.4 Å². The molecule has 0 atom stereocenters. The molecule has 9 nitrogen and oxygen atoms in total. The van der Waals surface area contributed by atoms with Crippen molar-refractivity contribution in [1.29, 1.82) is 0 Å². The summed E-state index contributed by atoms with van der Waals surface area (Å²) in [5, 5.41) is 0. The van der Waals surface area contributed by atoms with Gasteiger partial charge in [0.1, 0.15) is 11.3 Å². The van der Waals surface area contributed by atoms with Crippen molar-refractivity contribution in [1.82, 2.24) is 9.29 Å². The molecule has 0 spiro atoms. The highest BCUT2D eigenvalue weighted by atomic mass is 32.2. The maximum atomic E-state index is 14.6. The summed E-state index contributed by atoms with van der Waals surface area (Å²) >= 11 is 0. The highest BCUT2D eigenvalue weighted by Crippen LogP contribution is 2.33. The average molecular weight is 525 g/mol. The number of carbonyl (C=O) groups excluding carboxylic acids is 1. The lowest BCUT2D eigenvalue weighted by molar-refractivity contribution is -0.140. The van der Waals surface area contributed by atoms with Gasteiger partial charge in [-0.2, -0.15) is 0 Å². The van der Waals surface area contributed by atoms with Crippen LogP contribution in [0.4, 0.5) is 4.39 Å². The number of sulfone groups is 1. The van der Waals surface area contributed by atoms with Crippen LogP contribution in [-0.4, -0.2) is 63.8 Å². The number of nitrogens with zero attached hydrogens (tertiary/aromatic N) is 2. The molecule has 188 valence electrons. The second-order valence-corrected chi connectivity index (χ2v) is 12.4. The van der Waals surface area contributed by atoms with Crippen LogP contribution in [0.15, 0.2) is 45.7 Å². The average Bonchev–Trinajstić information content (AvgIpc) is 3.21. The number of sulfonamides is 1. The third-order valence-corrected chi connectivity index (χ3v) is 8.80. The Morgan fingerprint density at radius 1 is 1.14 bits per heavy atom. The van der Waals surface area contributed by atoms with Crippen molar-refractivity contribution in [2.24, 2.45) is 0 Å². The number of oxazole rings is 1. The number of hydrogen-bond acceptors (Lipinski definition) is 8. The molecule has 0 aliphatic carbocycles. The monoisotopic (exact) mass is 524 g/mol. The molecule has 4 rings (SSSR count). The van der Waals surface area contributed by atoms with Crippen molar-refractivity contribution < 1.29 is 35.2 Å². The van der Waals surface area contributed by atoms with Gasteiger partial charge in [-0.15, -0.1) is 0 Å². The van der Waals surface area contributed by atoms with Gasteiger partial charge < -0.3 is 9.15 Å². The molecule has 2 heterocycles. The highest BCUT2D eigenvalue weighted by Gasteiger charge is 2.31. The minimum atomic E-state index is -3.73. The van der Waals surface area contributed by atoms with Crippen LogP contribution in [0.3, 0.4) is 0 Å². The van der Waals surface area contributed by atoms with Crippen LogP contribution in [0.25, 0.3) is 22.6 Å². The molecular formula is C23H25FN2O7S2. The van der Waals surface area contributed by atoms with E-state index in [0.29, 0.717) is 23.9 Å². The summed E-state index contributed by atoms with van der Waals surface area (Å²) in [6.07, 6.45) is 2.14. The molecule has 12 heteroatoms. The lowest BCUT2D eigenvalue weighted by Gasteiger charge is -2.31. The molecule has 1 aliphatic heterocycles. The summed E-state index contributed by atoms with van der Waals surface area (Å²) < 4.78 is 74.6. The lowest BCUT2D eigenvalue weighted by Crippen LogP contribution is -2.41. The minimum Gasteiger partial charge on any atom is -0.465 e. The molecular weight excluding hydrogens is 499 g/mol. The van der Waals surface area contributed by atoms with Crippen LogP contribution < -0.4 is 0 Å². The topological polar surface area (TPSA) is 124 Å². The Hall–Kier alpha value is -2.83. The van der Waals surface area contributed by atoms with E-state index in [-0.39, 0.29) is 42.0 Å². The number of fused-ring (bicyclic) bond motifs is 1. The van der Waals surface area contributed by atoms with Crippen LogP contribution >= 0.6 is 0 Å². The second kappa shape index (κ2) is 9.67. The van der Waals surface area contributed by atoms with Gasteiger partial charge in [0.15, 0.2) is 21.2 Å². The Morgan fingerprint density at radius 2 is 1.86 bits per heavy atom. The fraction of sp³-hybridized carbons (Fsp3) is 0.391. The number of hydrogen-bond donors (Lipinski definition) is 0. The van der Waals surface area contributed by atoms with Crippen LogP contribution in [0, 0.1) is 5.82 Å². The molecule has 1 aromatic heterocycles. The number of piperidine rings is 1. The third kappa shape index (κ3) is 5.54. The summed E-state index contributed by atoms with van der Waals surface area (Å²) in [6, 6.07) is 9.00. The number of esters is 1. The molecule has 1 saturated heterocycles. The van der Waals surface area contributed by atoms with Crippen LogP contribution in [0.2, 0.25) is 0 Å². The standard InChI is InChI=1S/C23H25FN2O7S2/c1-3-32-22(27)14-35(30,31)26-10-8-15(9-11-26)16-4-7-21-20(12-16)25-23(33-21)18-6-5-17(13-19(18)24)34(2,28)29/h4-7,12-13,15H,3,8-11,14H2,1-2H3. The fourth-order valence-electron chi connectivity index (χ4n) is 4.12. The van der Waals surface area contributed by atoms with E-state index >= 15 is 0 Å². The summed E-state index contributed by atoms with van der Waals surface area (Å²) in [5.41, 5.74) is 1.97. The van der Waals surface area contributed by atoms with E-state index in [1.807, 2.05) is 12.1 Å². The van der Waals surface area contributed by atoms with E-state index in [1.165, 1.54) is 16.4 Å². The van der Waals surface area contributed by atoms with Crippen molar-refractivity contribution in [2.75, 3.05) is 31.7 Å². The molecule has 0 amide bonds. The molecule has 0 radical (unpaired) electrons. The van der Waals surface area contributed by atoms with Gasteiger partial charge >= 0.3 is 5.97 Å². The second-order valence-electron chi connectivity index (χ2n) is 8.39.